The Morgan fingerprint density at radius 2 is 1.69 bits per heavy atom. The zero-order valence-electron chi connectivity index (χ0n) is 19.8. The smallest absolute Gasteiger partial charge is 0.271 e. The molecule has 1 aliphatic heterocycles. The molecule has 1 N–H and O–H groups in total. The van der Waals surface area contributed by atoms with Gasteiger partial charge in [0.15, 0.2) is 0 Å². The number of fused-ring (bicyclic) bond motifs is 1. The van der Waals surface area contributed by atoms with Gasteiger partial charge in [0.25, 0.3) is 5.91 Å². The number of aromatic nitrogens is 1. The second kappa shape index (κ2) is 9.51. The molecule has 0 radical (unpaired) electrons. The molecular formula is C27H37N3O2. The molecule has 1 atom stereocenters. The molecule has 4 rings (SSSR count). The van der Waals surface area contributed by atoms with Crippen molar-refractivity contribution in [1.82, 2.24) is 14.8 Å². The molecule has 1 saturated carbocycles. The zero-order chi connectivity index (χ0) is 22.7. The van der Waals surface area contributed by atoms with Gasteiger partial charge >= 0.3 is 0 Å². The van der Waals surface area contributed by atoms with Crippen LogP contribution in [0.2, 0.25) is 0 Å². The Labute approximate surface area is 192 Å². The number of carbonyl (C=O) groups is 2. The van der Waals surface area contributed by atoms with Crippen molar-refractivity contribution in [2.24, 2.45) is 5.92 Å². The van der Waals surface area contributed by atoms with Gasteiger partial charge < -0.3 is 14.8 Å². The van der Waals surface area contributed by atoms with Crippen LogP contribution in [0.4, 0.5) is 0 Å². The van der Waals surface area contributed by atoms with Gasteiger partial charge in [-0.2, -0.15) is 0 Å². The Morgan fingerprint density at radius 1 is 1.03 bits per heavy atom. The van der Waals surface area contributed by atoms with Gasteiger partial charge in [0, 0.05) is 18.3 Å². The number of nitrogens with one attached hydrogen (secondary N) is 1. The first-order valence-electron chi connectivity index (χ1n) is 12.3. The first-order chi connectivity index (χ1) is 15.4. The minimum Gasteiger partial charge on any atom is -0.351 e. The van der Waals surface area contributed by atoms with Crippen LogP contribution >= 0.6 is 0 Å². The molecule has 1 aromatic heterocycles. The van der Waals surface area contributed by atoms with Gasteiger partial charge in [0.2, 0.25) is 5.91 Å². The fraction of sp³-hybridized carbons (Fsp3) is 0.556. The molecule has 1 aliphatic carbocycles. The number of rotatable bonds is 6. The van der Waals surface area contributed by atoms with Crippen LogP contribution in [-0.4, -0.2) is 39.4 Å². The van der Waals surface area contributed by atoms with Gasteiger partial charge in [-0.1, -0.05) is 69.9 Å². The van der Waals surface area contributed by atoms with Crippen molar-refractivity contribution < 1.29 is 9.59 Å². The van der Waals surface area contributed by atoms with Crippen LogP contribution in [-0.2, 0) is 11.3 Å². The number of hydrogen-bond donors (Lipinski definition) is 1. The second-order valence-corrected chi connectivity index (χ2v) is 10.1. The van der Waals surface area contributed by atoms with Crippen molar-refractivity contribution in [3.63, 3.8) is 0 Å². The van der Waals surface area contributed by atoms with Crippen molar-refractivity contribution in [3.8, 4) is 11.3 Å². The molecule has 5 heteroatoms. The molecule has 32 heavy (non-hydrogen) atoms. The zero-order valence-corrected chi connectivity index (χ0v) is 19.8. The summed E-state index contributed by atoms with van der Waals surface area (Å²) in [6.45, 7) is 7.34. The minimum absolute atomic E-state index is 0.0140. The van der Waals surface area contributed by atoms with Gasteiger partial charge in [0.05, 0.1) is 6.54 Å². The van der Waals surface area contributed by atoms with E-state index in [4.69, 9.17) is 0 Å². The van der Waals surface area contributed by atoms with E-state index in [-0.39, 0.29) is 17.9 Å². The first-order valence-corrected chi connectivity index (χ1v) is 12.3. The van der Waals surface area contributed by atoms with E-state index in [1.54, 1.807) is 0 Å². The molecular weight excluding hydrogens is 398 g/mol. The standard InChI is InChI=1S/C27H37N3O2/c1-20(2)17-18-30-25(31)24-16-15-23(21-11-7-6-8-12-21)29(24)19-27(30,3)26(32)28-22-13-9-4-5-10-14-22/h6-8,11-12,15-16,20,22H,4-5,9-10,13-14,17-19H2,1-3H3,(H,28,32)/t27-/m0/s1. The molecule has 0 bridgehead atoms. The predicted octanol–water partition coefficient (Wildman–Crippen LogP) is 5.25. The Balaban J connectivity index is 1.68. The van der Waals surface area contributed by atoms with Crippen molar-refractivity contribution in [2.75, 3.05) is 6.54 Å². The summed E-state index contributed by atoms with van der Waals surface area (Å²) < 4.78 is 2.05. The Morgan fingerprint density at radius 3 is 2.34 bits per heavy atom. The summed E-state index contributed by atoms with van der Waals surface area (Å²) in [5, 5.41) is 3.34. The topological polar surface area (TPSA) is 54.3 Å². The van der Waals surface area contributed by atoms with E-state index >= 15 is 0 Å². The van der Waals surface area contributed by atoms with E-state index in [2.05, 4.69) is 35.9 Å². The van der Waals surface area contributed by atoms with Crippen LogP contribution < -0.4 is 5.32 Å². The van der Waals surface area contributed by atoms with Crippen LogP contribution in [0.25, 0.3) is 11.3 Å². The molecule has 2 heterocycles. The van der Waals surface area contributed by atoms with E-state index in [0.717, 1.165) is 43.4 Å². The third-order valence-corrected chi connectivity index (χ3v) is 7.19. The minimum atomic E-state index is -0.909. The van der Waals surface area contributed by atoms with Crippen LogP contribution in [0.5, 0.6) is 0 Å². The maximum atomic E-state index is 13.8. The van der Waals surface area contributed by atoms with E-state index < -0.39 is 5.54 Å². The number of hydrogen-bond acceptors (Lipinski definition) is 2. The molecule has 5 nitrogen and oxygen atoms in total. The fourth-order valence-electron chi connectivity index (χ4n) is 5.14. The summed E-state index contributed by atoms with van der Waals surface area (Å²) >= 11 is 0. The molecule has 172 valence electrons. The highest BCUT2D eigenvalue weighted by atomic mass is 16.2. The van der Waals surface area contributed by atoms with Crippen LogP contribution in [0, 0.1) is 5.92 Å². The lowest BCUT2D eigenvalue weighted by Crippen LogP contribution is -2.65. The summed E-state index contributed by atoms with van der Waals surface area (Å²) in [6.07, 6.45) is 7.77. The van der Waals surface area contributed by atoms with E-state index in [1.807, 2.05) is 42.2 Å². The van der Waals surface area contributed by atoms with Gasteiger partial charge in [-0.3, -0.25) is 9.59 Å². The Hall–Kier alpha value is -2.56. The molecule has 0 saturated heterocycles. The summed E-state index contributed by atoms with van der Waals surface area (Å²) in [7, 11) is 0. The lowest BCUT2D eigenvalue weighted by atomic mass is 9.92. The quantitative estimate of drug-likeness (QED) is 0.630. The first kappa shape index (κ1) is 22.6. The van der Waals surface area contributed by atoms with E-state index in [1.165, 1.54) is 12.8 Å². The summed E-state index contributed by atoms with van der Waals surface area (Å²) in [4.78, 5) is 29.3. The van der Waals surface area contributed by atoms with Crippen molar-refractivity contribution >= 4 is 11.8 Å². The van der Waals surface area contributed by atoms with Gasteiger partial charge in [-0.05, 0) is 49.8 Å². The molecule has 1 aromatic carbocycles. The molecule has 0 unspecified atom stereocenters. The molecule has 0 spiro atoms. The highest BCUT2D eigenvalue weighted by Gasteiger charge is 2.48. The highest BCUT2D eigenvalue weighted by molar-refractivity contribution is 6.00. The fourth-order valence-corrected chi connectivity index (χ4v) is 5.14. The lowest BCUT2D eigenvalue weighted by Gasteiger charge is -2.45. The third-order valence-electron chi connectivity index (χ3n) is 7.19. The normalized spacial score (nSPS) is 22.0. The van der Waals surface area contributed by atoms with Crippen LogP contribution in [0.3, 0.4) is 0 Å². The number of carbonyl (C=O) groups excluding carboxylic acids is 2. The average Bonchev–Trinajstić information content (AvgIpc) is 3.02. The monoisotopic (exact) mass is 435 g/mol. The lowest BCUT2D eigenvalue weighted by molar-refractivity contribution is -0.133. The SMILES string of the molecule is CC(C)CCN1C(=O)c2ccc(-c3ccccc3)n2C[C@@]1(C)C(=O)NC1CCCCCC1. The number of nitrogens with zero attached hydrogens (tertiary/aromatic N) is 2. The maximum absolute atomic E-state index is 13.8. The van der Waals surface area contributed by atoms with Gasteiger partial charge in [-0.25, -0.2) is 0 Å². The number of benzene rings is 1. The maximum Gasteiger partial charge on any atom is 0.271 e. The van der Waals surface area contributed by atoms with Crippen molar-refractivity contribution in [3.05, 3.63) is 48.2 Å². The van der Waals surface area contributed by atoms with E-state index in [9.17, 15) is 9.59 Å². The number of amides is 2. The molecule has 2 aromatic rings. The summed E-state index contributed by atoms with van der Waals surface area (Å²) in [5.41, 5.74) is 1.82. The van der Waals surface area contributed by atoms with Gasteiger partial charge in [0.1, 0.15) is 11.2 Å². The third kappa shape index (κ3) is 4.48. The van der Waals surface area contributed by atoms with Gasteiger partial charge in [-0.15, -0.1) is 0 Å². The highest BCUT2D eigenvalue weighted by Crippen LogP contribution is 2.34. The molecule has 2 amide bonds. The molecule has 2 aliphatic rings. The Kier molecular flexibility index (Phi) is 6.73. The summed E-state index contributed by atoms with van der Waals surface area (Å²) in [6, 6.07) is 14.3. The molecule has 1 fully saturated rings. The van der Waals surface area contributed by atoms with Crippen LogP contribution in [0.1, 0.15) is 76.2 Å². The summed E-state index contributed by atoms with van der Waals surface area (Å²) in [5.74, 6) is 0.406. The van der Waals surface area contributed by atoms with Crippen molar-refractivity contribution in [1.29, 1.82) is 0 Å². The average molecular weight is 436 g/mol. The van der Waals surface area contributed by atoms with Crippen LogP contribution in [0.15, 0.2) is 42.5 Å². The second-order valence-electron chi connectivity index (χ2n) is 10.1. The van der Waals surface area contributed by atoms with Crippen molar-refractivity contribution in [2.45, 2.75) is 83.8 Å². The largest absolute Gasteiger partial charge is 0.351 e. The Bertz CT molecular complexity index is 941. The van der Waals surface area contributed by atoms with E-state index in [0.29, 0.717) is 24.7 Å². The predicted molar refractivity (Wildman–Crippen MR) is 128 cm³/mol.